The third-order valence-corrected chi connectivity index (χ3v) is 3.13. The fourth-order valence-electron chi connectivity index (χ4n) is 1.14. The fraction of sp³-hybridized carbons (Fsp3) is 0.250. The summed E-state index contributed by atoms with van der Waals surface area (Å²) in [7, 11) is -4.12. The van der Waals surface area contributed by atoms with Crippen molar-refractivity contribution in [2.45, 2.75) is 5.66 Å². The minimum atomic E-state index is -4.12. The van der Waals surface area contributed by atoms with Gasteiger partial charge in [0.1, 0.15) is 0 Å². The summed E-state index contributed by atoms with van der Waals surface area (Å²) in [5.74, 6) is 0. The molecule has 1 aromatic rings. The van der Waals surface area contributed by atoms with Crippen LogP contribution in [0.5, 0.6) is 0 Å². The van der Waals surface area contributed by atoms with Gasteiger partial charge in [0, 0.05) is 6.54 Å². The van der Waals surface area contributed by atoms with Crippen LogP contribution in [0.25, 0.3) is 0 Å². The van der Waals surface area contributed by atoms with Gasteiger partial charge in [-0.1, -0.05) is 30.3 Å². The van der Waals surface area contributed by atoms with Gasteiger partial charge in [0.05, 0.1) is 5.66 Å². The van der Waals surface area contributed by atoms with Crippen molar-refractivity contribution in [1.29, 1.82) is 0 Å². The van der Waals surface area contributed by atoms with Crippen LogP contribution in [0, 0.1) is 0 Å². The van der Waals surface area contributed by atoms with Gasteiger partial charge in [0.2, 0.25) is 0 Å². The van der Waals surface area contributed by atoms with Gasteiger partial charge in [-0.05, 0) is 5.56 Å². The second kappa shape index (κ2) is 5.49. The maximum absolute atomic E-state index is 11.0. The zero-order valence-electron chi connectivity index (χ0n) is 7.41. The summed E-state index contributed by atoms with van der Waals surface area (Å²) in [4.78, 5) is 17.9. The van der Waals surface area contributed by atoms with Crippen LogP contribution >= 0.6 is 20.0 Å². The van der Waals surface area contributed by atoms with Gasteiger partial charge in [-0.25, -0.2) is 0 Å². The first kappa shape index (κ1) is 13.6. The Morgan fingerprint density at radius 3 is 2.14 bits per heavy atom. The van der Waals surface area contributed by atoms with Gasteiger partial charge in [0.15, 0.2) is 0 Å². The third-order valence-electron chi connectivity index (χ3n) is 1.81. The number of halogens is 1. The lowest BCUT2D eigenvalue weighted by molar-refractivity contribution is 0.359. The molecule has 80 valence electrons. The second-order valence-electron chi connectivity index (χ2n) is 2.75. The van der Waals surface area contributed by atoms with E-state index in [0.29, 0.717) is 5.56 Å². The number of nitrogens with two attached hydrogens (primary N) is 1. The normalized spacial score (nSPS) is 13.1. The van der Waals surface area contributed by atoms with Gasteiger partial charge in [-0.3, -0.25) is 4.57 Å². The molecule has 14 heavy (non-hydrogen) atoms. The van der Waals surface area contributed by atoms with E-state index in [2.05, 4.69) is 0 Å². The van der Waals surface area contributed by atoms with Crippen LogP contribution in [0.4, 0.5) is 0 Å². The average molecular weight is 238 g/mol. The molecule has 0 amide bonds. The molecule has 1 aromatic carbocycles. The summed E-state index contributed by atoms with van der Waals surface area (Å²) in [6.45, 7) is -0.0473. The molecule has 0 aromatic heterocycles. The molecule has 0 aliphatic carbocycles. The van der Waals surface area contributed by atoms with Gasteiger partial charge < -0.3 is 15.5 Å². The molecule has 0 heterocycles. The molecule has 0 saturated heterocycles. The van der Waals surface area contributed by atoms with E-state index in [1.807, 2.05) is 0 Å². The van der Waals surface area contributed by atoms with Crippen molar-refractivity contribution in [1.82, 2.24) is 0 Å². The predicted molar refractivity (Wildman–Crippen MR) is 57.5 cm³/mol. The Kier molecular flexibility index (Phi) is 5.34. The predicted octanol–water partition coefficient (Wildman–Crippen LogP) is 1.29. The van der Waals surface area contributed by atoms with E-state index >= 15 is 0 Å². The van der Waals surface area contributed by atoms with Crippen molar-refractivity contribution >= 4 is 20.0 Å². The lowest BCUT2D eigenvalue weighted by atomic mass is 10.1. The summed E-state index contributed by atoms with van der Waals surface area (Å²) in [5, 5.41) is 0. The molecule has 0 aliphatic heterocycles. The van der Waals surface area contributed by atoms with Crippen LogP contribution in [-0.4, -0.2) is 16.3 Å². The van der Waals surface area contributed by atoms with Crippen molar-refractivity contribution in [3.05, 3.63) is 35.9 Å². The molecule has 1 atom stereocenters. The summed E-state index contributed by atoms with van der Waals surface area (Å²) < 4.78 is 11.0. The molecule has 1 unspecified atom stereocenters. The van der Waals surface area contributed by atoms with Gasteiger partial charge in [0.25, 0.3) is 0 Å². The van der Waals surface area contributed by atoms with E-state index < -0.39 is 13.3 Å². The van der Waals surface area contributed by atoms with E-state index in [-0.39, 0.29) is 19.0 Å². The van der Waals surface area contributed by atoms with Crippen molar-refractivity contribution in [3.8, 4) is 0 Å². The zero-order valence-corrected chi connectivity index (χ0v) is 9.12. The van der Waals surface area contributed by atoms with E-state index in [1.165, 1.54) is 0 Å². The maximum atomic E-state index is 11.0. The first-order valence-corrected chi connectivity index (χ1v) is 5.54. The Balaban J connectivity index is 0.00000169. The highest BCUT2D eigenvalue weighted by Crippen LogP contribution is 2.50. The molecule has 0 bridgehead atoms. The molecule has 0 fully saturated rings. The smallest absolute Gasteiger partial charge is 0.329 e. The lowest BCUT2D eigenvalue weighted by Crippen LogP contribution is -2.12. The molecule has 4 nitrogen and oxygen atoms in total. The topological polar surface area (TPSA) is 83.6 Å². The SMILES string of the molecule is Cl.NCC(c1ccccc1)P(=O)(O)O. The van der Waals surface area contributed by atoms with Crippen molar-refractivity contribution < 1.29 is 14.4 Å². The number of hydrogen-bond donors (Lipinski definition) is 3. The van der Waals surface area contributed by atoms with Gasteiger partial charge in [-0.15, -0.1) is 12.4 Å². The van der Waals surface area contributed by atoms with E-state index in [4.69, 9.17) is 15.5 Å². The first-order valence-electron chi connectivity index (χ1n) is 3.86. The fourth-order valence-corrected chi connectivity index (χ4v) is 1.98. The summed E-state index contributed by atoms with van der Waals surface area (Å²) in [6.07, 6.45) is 0. The third kappa shape index (κ3) is 3.40. The highest BCUT2D eigenvalue weighted by atomic mass is 35.5. The Bertz CT molecular complexity index is 314. The van der Waals surface area contributed by atoms with E-state index in [9.17, 15) is 4.57 Å². The number of rotatable bonds is 3. The van der Waals surface area contributed by atoms with Crippen molar-refractivity contribution in [2.75, 3.05) is 6.54 Å². The molecule has 1 rings (SSSR count). The Hall–Kier alpha value is -0.380. The van der Waals surface area contributed by atoms with Gasteiger partial charge in [-0.2, -0.15) is 0 Å². The summed E-state index contributed by atoms with van der Waals surface area (Å²) >= 11 is 0. The van der Waals surface area contributed by atoms with Crippen LogP contribution < -0.4 is 5.73 Å². The van der Waals surface area contributed by atoms with Gasteiger partial charge >= 0.3 is 7.60 Å². The number of hydrogen-bond acceptors (Lipinski definition) is 2. The highest BCUT2D eigenvalue weighted by molar-refractivity contribution is 7.52. The zero-order chi connectivity index (χ0) is 9.90. The highest BCUT2D eigenvalue weighted by Gasteiger charge is 2.28. The van der Waals surface area contributed by atoms with Crippen LogP contribution in [-0.2, 0) is 4.57 Å². The standard InChI is InChI=1S/C8H12NO3P.ClH/c9-6-8(13(10,11)12)7-4-2-1-3-5-7;/h1-5,8H,6,9H2,(H2,10,11,12);1H. The van der Waals surface area contributed by atoms with Crippen LogP contribution in [0.1, 0.15) is 11.2 Å². The Morgan fingerprint density at radius 2 is 1.79 bits per heavy atom. The monoisotopic (exact) mass is 237 g/mol. The molecular weight excluding hydrogens is 225 g/mol. The average Bonchev–Trinajstić information content (AvgIpc) is 2.05. The molecular formula is C8H13ClNO3P. The van der Waals surface area contributed by atoms with Crippen LogP contribution in [0.2, 0.25) is 0 Å². The molecule has 0 saturated carbocycles. The first-order chi connectivity index (χ1) is 6.05. The molecule has 6 heteroatoms. The minimum absolute atomic E-state index is 0. The molecule has 0 spiro atoms. The number of benzene rings is 1. The van der Waals surface area contributed by atoms with Crippen LogP contribution in [0.15, 0.2) is 30.3 Å². The largest absolute Gasteiger partial charge is 0.334 e. The Labute approximate surface area is 88.7 Å². The lowest BCUT2D eigenvalue weighted by Gasteiger charge is -2.16. The summed E-state index contributed by atoms with van der Waals surface area (Å²) in [6, 6.07) is 8.57. The molecule has 4 N–H and O–H groups in total. The molecule has 0 aliphatic rings. The maximum Gasteiger partial charge on any atom is 0.334 e. The quantitative estimate of drug-likeness (QED) is 0.692. The second-order valence-corrected chi connectivity index (χ2v) is 4.55. The summed E-state index contributed by atoms with van der Waals surface area (Å²) in [5.41, 5.74) is 5.00. The van der Waals surface area contributed by atoms with E-state index in [0.717, 1.165) is 0 Å². The van der Waals surface area contributed by atoms with E-state index in [1.54, 1.807) is 30.3 Å². The molecule has 0 radical (unpaired) electrons. The van der Waals surface area contributed by atoms with Crippen molar-refractivity contribution in [2.24, 2.45) is 5.73 Å². The van der Waals surface area contributed by atoms with Crippen molar-refractivity contribution in [3.63, 3.8) is 0 Å². The minimum Gasteiger partial charge on any atom is -0.329 e. The van der Waals surface area contributed by atoms with Crippen LogP contribution in [0.3, 0.4) is 0 Å². The Morgan fingerprint density at radius 1 is 1.29 bits per heavy atom.